The first-order valence-corrected chi connectivity index (χ1v) is 6.57. The van der Waals surface area contributed by atoms with E-state index >= 15 is 0 Å². The van der Waals surface area contributed by atoms with Gasteiger partial charge >= 0.3 is 0 Å². The molecule has 2 aliphatic heterocycles. The first-order valence-electron chi connectivity index (χ1n) is 4.74. The van der Waals surface area contributed by atoms with Crippen molar-refractivity contribution in [3.8, 4) is 0 Å². The van der Waals surface area contributed by atoms with Gasteiger partial charge in [0.1, 0.15) is 0 Å². The quantitative estimate of drug-likeness (QED) is 0.574. The summed E-state index contributed by atoms with van der Waals surface area (Å²) in [5.74, 6) is -0.315. The average molecular weight is 232 g/mol. The third-order valence-electron chi connectivity index (χ3n) is 2.72. The molecule has 0 spiro atoms. The zero-order valence-corrected chi connectivity index (χ0v) is 8.92. The Balaban J connectivity index is 2.10. The summed E-state index contributed by atoms with van der Waals surface area (Å²) < 4.78 is 22.5. The van der Waals surface area contributed by atoms with Gasteiger partial charge in [0, 0.05) is 6.04 Å². The molecule has 0 saturated carbocycles. The molecule has 6 nitrogen and oxygen atoms in total. The van der Waals surface area contributed by atoms with Crippen molar-refractivity contribution in [3.05, 3.63) is 0 Å². The highest BCUT2D eigenvalue weighted by atomic mass is 32.2. The minimum atomic E-state index is -3.01. The van der Waals surface area contributed by atoms with E-state index in [4.69, 9.17) is 0 Å². The number of hydrogen-bond donors (Lipinski definition) is 1. The minimum absolute atomic E-state index is 0.00792. The fraction of sp³-hybridized carbons (Fsp3) is 0.750. The van der Waals surface area contributed by atoms with Crippen LogP contribution in [-0.2, 0) is 19.4 Å². The number of nitrogens with zero attached hydrogens (tertiary/aromatic N) is 1. The van der Waals surface area contributed by atoms with Crippen molar-refractivity contribution in [2.75, 3.05) is 24.6 Å². The van der Waals surface area contributed by atoms with Crippen molar-refractivity contribution in [1.82, 2.24) is 10.2 Å². The highest BCUT2D eigenvalue weighted by molar-refractivity contribution is 7.91. The molecule has 2 heterocycles. The van der Waals surface area contributed by atoms with Gasteiger partial charge in [0.25, 0.3) is 0 Å². The van der Waals surface area contributed by atoms with Crippen LogP contribution in [0.4, 0.5) is 0 Å². The van der Waals surface area contributed by atoms with E-state index in [0.717, 1.165) is 0 Å². The van der Waals surface area contributed by atoms with E-state index in [2.05, 4.69) is 5.32 Å². The second-order valence-electron chi connectivity index (χ2n) is 3.86. The maximum absolute atomic E-state index is 11.5. The SMILES string of the molecule is O=C1CN(C2CCS(=O)(=O)C2)C(=O)CN1. The van der Waals surface area contributed by atoms with Crippen LogP contribution in [0.5, 0.6) is 0 Å². The lowest BCUT2D eigenvalue weighted by Gasteiger charge is -2.31. The number of rotatable bonds is 1. The van der Waals surface area contributed by atoms with Crippen LogP contribution in [0.15, 0.2) is 0 Å². The normalized spacial score (nSPS) is 30.4. The predicted molar refractivity (Wildman–Crippen MR) is 51.8 cm³/mol. The molecule has 0 aliphatic carbocycles. The molecule has 15 heavy (non-hydrogen) atoms. The van der Waals surface area contributed by atoms with Gasteiger partial charge in [0.15, 0.2) is 9.84 Å². The Morgan fingerprint density at radius 3 is 2.67 bits per heavy atom. The number of nitrogens with one attached hydrogen (secondary N) is 1. The second kappa shape index (κ2) is 3.48. The molecule has 2 aliphatic rings. The molecule has 0 aromatic heterocycles. The maximum Gasteiger partial charge on any atom is 0.242 e. The van der Waals surface area contributed by atoms with Crippen molar-refractivity contribution in [2.45, 2.75) is 12.5 Å². The third kappa shape index (κ3) is 2.11. The predicted octanol–water partition coefficient (Wildman–Crippen LogP) is -1.87. The lowest BCUT2D eigenvalue weighted by atomic mass is 10.2. The highest BCUT2D eigenvalue weighted by Gasteiger charge is 2.37. The summed E-state index contributed by atoms with van der Waals surface area (Å²) in [6, 6.07) is -0.312. The molecular weight excluding hydrogens is 220 g/mol. The van der Waals surface area contributed by atoms with Gasteiger partial charge in [-0.3, -0.25) is 9.59 Å². The van der Waals surface area contributed by atoms with Crippen molar-refractivity contribution < 1.29 is 18.0 Å². The summed E-state index contributed by atoms with van der Waals surface area (Å²) in [4.78, 5) is 23.9. The Hall–Kier alpha value is -1.11. The van der Waals surface area contributed by atoms with Crippen LogP contribution in [0, 0.1) is 0 Å². The summed E-state index contributed by atoms with van der Waals surface area (Å²) in [5.41, 5.74) is 0. The first-order chi connectivity index (χ1) is 6.98. The lowest BCUT2D eigenvalue weighted by Crippen LogP contribution is -2.55. The van der Waals surface area contributed by atoms with Crippen molar-refractivity contribution >= 4 is 21.7 Å². The van der Waals surface area contributed by atoms with Crippen LogP contribution in [0.25, 0.3) is 0 Å². The number of piperazine rings is 1. The van der Waals surface area contributed by atoms with Crippen LogP contribution in [0.3, 0.4) is 0 Å². The molecule has 2 saturated heterocycles. The molecule has 2 fully saturated rings. The Labute approximate surface area is 87.5 Å². The molecule has 7 heteroatoms. The van der Waals surface area contributed by atoms with Crippen LogP contribution >= 0.6 is 0 Å². The lowest BCUT2D eigenvalue weighted by molar-refractivity contribution is -0.142. The minimum Gasteiger partial charge on any atom is -0.345 e. The van der Waals surface area contributed by atoms with Gasteiger partial charge in [0.05, 0.1) is 24.6 Å². The number of carbonyl (C=O) groups is 2. The van der Waals surface area contributed by atoms with Crippen LogP contribution in [0.2, 0.25) is 0 Å². The third-order valence-corrected chi connectivity index (χ3v) is 4.47. The molecule has 2 amide bonds. The number of amides is 2. The largest absolute Gasteiger partial charge is 0.345 e. The Morgan fingerprint density at radius 2 is 2.07 bits per heavy atom. The molecule has 0 aromatic carbocycles. The van der Waals surface area contributed by atoms with E-state index in [1.807, 2.05) is 0 Å². The Bertz CT molecular complexity index is 403. The zero-order chi connectivity index (χ0) is 11.1. The number of hydrogen-bond acceptors (Lipinski definition) is 4. The topological polar surface area (TPSA) is 83.6 Å². The standard InChI is InChI=1S/C8H12N2O4S/c11-7-4-10(8(12)3-9-7)6-1-2-15(13,14)5-6/h6H,1-5H2,(H,9,11). The second-order valence-corrected chi connectivity index (χ2v) is 6.08. The highest BCUT2D eigenvalue weighted by Crippen LogP contribution is 2.18. The van der Waals surface area contributed by atoms with Gasteiger partial charge in [-0.2, -0.15) is 0 Å². The Morgan fingerprint density at radius 1 is 1.33 bits per heavy atom. The van der Waals surface area contributed by atoms with Crippen molar-refractivity contribution in [3.63, 3.8) is 0 Å². The average Bonchev–Trinajstić information content (AvgIpc) is 2.50. The maximum atomic E-state index is 11.5. The van der Waals surface area contributed by atoms with Crippen molar-refractivity contribution in [2.24, 2.45) is 0 Å². The molecule has 84 valence electrons. The first kappa shape index (κ1) is 10.4. The number of carbonyl (C=O) groups excluding carboxylic acids is 2. The smallest absolute Gasteiger partial charge is 0.242 e. The van der Waals surface area contributed by atoms with Crippen LogP contribution in [0.1, 0.15) is 6.42 Å². The molecule has 1 unspecified atom stereocenters. The van der Waals surface area contributed by atoms with Crippen LogP contribution in [-0.4, -0.2) is 55.8 Å². The van der Waals surface area contributed by atoms with E-state index in [-0.39, 0.29) is 42.5 Å². The zero-order valence-electron chi connectivity index (χ0n) is 8.10. The number of sulfone groups is 1. The molecule has 0 radical (unpaired) electrons. The summed E-state index contributed by atoms with van der Waals surface area (Å²) in [7, 11) is -3.01. The van der Waals surface area contributed by atoms with E-state index in [0.29, 0.717) is 6.42 Å². The van der Waals surface area contributed by atoms with E-state index in [1.54, 1.807) is 0 Å². The van der Waals surface area contributed by atoms with E-state index < -0.39 is 9.84 Å². The molecule has 0 aromatic rings. The summed E-state index contributed by atoms with van der Waals surface area (Å²) in [6.45, 7) is -0.0333. The summed E-state index contributed by atoms with van der Waals surface area (Å²) in [6.07, 6.45) is 0.446. The van der Waals surface area contributed by atoms with Gasteiger partial charge in [-0.1, -0.05) is 0 Å². The fourth-order valence-electron chi connectivity index (χ4n) is 1.93. The monoisotopic (exact) mass is 232 g/mol. The fourth-order valence-corrected chi connectivity index (χ4v) is 3.66. The van der Waals surface area contributed by atoms with Gasteiger partial charge in [0.2, 0.25) is 11.8 Å². The summed E-state index contributed by atoms with van der Waals surface area (Å²) >= 11 is 0. The van der Waals surface area contributed by atoms with E-state index in [1.165, 1.54) is 4.90 Å². The molecule has 1 atom stereocenters. The van der Waals surface area contributed by atoms with Gasteiger partial charge in [-0.15, -0.1) is 0 Å². The summed E-state index contributed by atoms with van der Waals surface area (Å²) in [5, 5.41) is 2.43. The van der Waals surface area contributed by atoms with E-state index in [9.17, 15) is 18.0 Å². The molecule has 2 rings (SSSR count). The molecule has 1 N–H and O–H groups in total. The molecular formula is C8H12N2O4S. The molecule has 0 bridgehead atoms. The van der Waals surface area contributed by atoms with Crippen molar-refractivity contribution in [1.29, 1.82) is 0 Å². The van der Waals surface area contributed by atoms with Crippen LogP contribution < -0.4 is 5.32 Å². The van der Waals surface area contributed by atoms with Gasteiger partial charge in [-0.25, -0.2) is 8.42 Å². The Kier molecular flexibility index (Phi) is 2.41. The van der Waals surface area contributed by atoms with Gasteiger partial charge in [-0.05, 0) is 6.42 Å². The van der Waals surface area contributed by atoms with Gasteiger partial charge < -0.3 is 10.2 Å².